The molecule has 1 aliphatic heterocycles. The number of carbonyl (C=O) groups excluding carboxylic acids is 1. The van der Waals surface area contributed by atoms with Gasteiger partial charge in [0.1, 0.15) is 12.4 Å². The molecule has 132 valence electrons. The number of Topliss-reactive ketones (excluding diaryl/α,β-unsaturated/α-hetero) is 1. The molecule has 0 saturated heterocycles. The minimum Gasteiger partial charge on any atom is -0.490 e. The number of aromatic nitrogens is 3. The van der Waals surface area contributed by atoms with Crippen molar-refractivity contribution >= 4 is 11.7 Å². The van der Waals surface area contributed by atoms with E-state index >= 15 is 0 Å². The van der Waals surface area contributed by atoms with Crippen LogP contribution in [0.2, 0.25) is 0 Å². The van der Waals surface area contributed by atoms with Crippen molar-refractivity contribution < 1.29 is 14.3 Å². The Morgan fingerprint density at radius 3 is 2.64 bits per heavy atom. The molecule has 25 heavy (non-hydrogen) atoms. The van der Waals surface area contributed by atoms with E-state index < -0.39 is 0 Å². The first-order chi connectivity index (χ1) is 12.1. The summed E-state index contributed by atoms with van der Waals surface area (Å²) in [6.45, 7) is 8.37. The summed E-state index contributed by atoms with van der Waals surface area (Å²) in [5.41, 5.74) is 2.33. The van der Waals surface area contributed by atoms with Crippen LogP contribution >= 0.6 is 0 Å². The Hall–Kier alpha value is -2.83. The van der Waals surface area contributed by atoms with Crippen LogP contribution in [0.15, 0.2) is 35.8 Å². The standard InChI is InChI=1S/C18H22N4O3/c1-5-24-14-8-7-13(9-15(14)25-6-2)17-16(12(4)23)11(3)21-18-19-10-20-22(17)18/h7-10,17H,5-6H2,1-4H3,(H,19,20,21)/t17-/m1/s1. The third kappa shape index (κ3) is 3.09. The molecule has 7 nitrogen and oxygen atoms in total. The number of nitrogens with zero attached hydrogens (tertiary/aromatic N) is 3. The maximum atomic E-state index is 12.3. The van der Waals surface area contributed by atoms with Gasteiger partial charge in [0.25, 0.3) is 0 Å². The van der Waals surface area contributed by atoms with E-state index in [2.05, 4.69) is 15.4 Å². The van der Waals surface area contributed by atoms with Crippen molar-refractivity contribution in [1.29, 1.82) is 0 Å². The average Bonchev–Trinajstić information content (AvgIpc) is 3.03. The quantitative estimate of drug-likeness (QED) is 0.869. The number of ketones is 1. The summed E-state index contributed by atoms with van der Waals surface area (Å²) in [5.74, 6) is 1.94. The predicted molar refractivity (Wildman–Crippen MR) is 93.9 cm³/mol. The molecule has 3 rings (SSSR count). The van der Waals surface area contributed by atoms with E-state index in [0.717, 1.165) is 11.3 Å². The lowest BCUT2D eigenvalue weighted by Gasteiger charge is -2.28. The summed E-state index contributed by atoms with van der Waals surface area (Å²) >= 11 is 0. The Labute approximate surface area is 146 Å². The highest BCUT2D eigenvalue weighted by Crippen LogP contribution is 2.38. The number of hydrogen-bond donors (Lipinski definition) is 1. The lowest BCUT2D eigenvalue weighted by Crippen LogP contribution is -2.27. The first kappa shape index (κ1) is 17.0. The van der Waals surface area contributed by atoms with Crippen molar-refractivity contribution in [3.05, 3.63) is 41.4 Å². The van der Waals surface area contributed by atoms with E-state index in [-0.39, 0.29) is 11.8 Å². The van der Waals surface area contributed by atoms with E-state index in [1.807, 2.05) is 39.0 Å². The van der Waals surface area contributed by atoms with Crippen LogP contribution in [0.4, 0.5) is 5.95 Å². The molecule has 7 heteroatoms. The smallest absolute Gasteiger partial charge is 0.226 e. The number of carbonyl (C=O) groups is 1. The van der Waals surface area contributed by atoms with Crippen LogP contribution in [0.3, 0.4) is 0 Å². The topological polar surface area (TPSA) is 78.3 Å². The highest BCUT2D eigenvalue weighted by molar-refractivity contribution is 5.96. The zero-order valence-corrected chi connectivity index (χ0v) is 14.9. The predicted octanol–water partition coefficient (Wildman–Crippen LogP) is 2.95. The third-order valence-electron chi connectivity index (χ3n) is 4.06. The van der Waals surface area contributed by atoms with Gasteiger partial charge in [0.15, 0.2) is 17.3 Å². The molecule has 0 spiro atoms. The number of benzene rings is 1. The van der Waals surface area contributed by atoms with Crippen molar-refractivity contribution in [3.8, 4) is 11.5 Å². The van der Waals surface area contributed by atoms with Crippen molar-refractivity contribution in [1.82, 2.24) is 14.8 Å². The number of hydrogen-bond acceptors (Lipinski definition) is 6. The van der Waals surface area contributed by atoms with Gasteiger partial charge in [0.2, 0.25) is 5.95 Å². The largest absolute Gasteiger partial charge is 0.490 e. The average molecular weight is 342 g/mol. The summed E-state index contributed by atoms with van der Waals surface area (Å²) in [6, 6.07) is 5.36. The fraction of sp³-hybridized carbons (Fsp3) is 0.389. The second kappa shape index (κ2) is 6.96. The van der Waals surface area contributed by atoms with Gasteiger partial charge in [-0.1, -0.05) is 6.07 Å². The van der Waals surface area contributed by atoms with Gasteiger partial charge < -0.3 is 14.8 Å². The molecule has 1 N–H and O–H groups in total. The molecule has 0 radical (unpaired) electrons. The van der Waals surface area contributed by atoms with E-state index in [0.29, 0.717) is 36.2 Å². The molecule has 0 bridgehead atoms. The van der Waals surface area contributed by atoms with Gasteiger partial charge >= 0.3 is 0 Å². The van der Waals surface area contributed by atoms with Gasteiger partial charge in [-0.05, 0) is 45.4 Å². The lowest BCUT2D eigenvalue weighted by molar-refractivity contribution is -0.114. The number of ether oxygens (including phenoxy) is 2. The molecule has 0 aliphatic carbocycles. The highest BCUT2D eigenvalue weighted by Gasteiger charge is 2.32. The van der Waals surface area contributed by atoms with E-state index in [9.17, 15) is 4.79 Å². The number of allylic oxidation sites excluding steroid dienone is 2. The summed E-state index contributed by atoms with van der Waals surface area (Å²) in [4.78, 5) is 16.5. The van der Waals surface area contributed by atoms with Crippen LogP contribution in [0.25, 0.3) is 0 Å². The molecule has 1 atom stereocenters. The Morgan fingerprint density at radius 2 is 1.96 bits per heavy atom. The molecular weight excluding hydrogens is 320 g/mol. The molecule has 2 heterocycles. The third-order valence-corrected chi connectivity index (χ3v) is 4.06. The first-order valence-electron chi connectivity index (χ1n) is 8.34. The van der Waals surface area contributed by atoms with Crippen molar-refractivity contribution in [2.75, 3.05) is 18.5 Å². The second-order valence-corrected chi connectivity index (χ2v) is 5.72. The molecular formula is C18H22N4O3. The maximum Gasteiger partial charge on any atom is 0.226 e. The molecule has 1 aromatic heterocycles. The lowest BCUT2D eigenvalue weighted by atomic mass is 9.93. The normalized spacial score (nSPS) is 16.2. The summed E-state index contributed by atoms with van der Waals surface area (Å²) in [6.07, 6.45) is 1.48. The van der Waals surface area contributed by atoms with Crippen LogP contribution in [0.5, 0.6) is 11.5 Å². The fourth-order valence-electron chi connectivity index (χ4n) is 3.09. The zero-order chi connectivity index (χ0) is 18.0. The molecule has 0 saturated carbocycles. The van der Waals surface area contributed by atoms with Crippen LogP contribution in [-0.2, 0) is 4.79 Å². The van der Waals surface area contributed by atoms with Gasteiger partial charge in [-0.3, -0.25) is 4.79 Å². The number of fused-ring (bicyclic) bond motifs is 1. The van der Waals surface area contributed by atoms with Crippen LogP contribution in [0, 0.1) is 0 Å². The molecule has 0 unspecified atom stereocenters. The second-order valence-electron chi connectivity index (χ2n) is 5.72. The Balaban J connectivity index is 2.13. The molecule has 1 aliphatic rings. The van der Waals surface area contributed by atoms with Crippen LogP contribution in [0.1, 0.15) is 39.3 Å². The van der Waals surface area contributed by atoms with E-state index in [1.54, 1.807) is 11.6 Å². The van der Waals surface area contributed by atoms with Gasteiger partial charge in [-0.25, -0.2) is 4.68 Å². The maximum absolute atomic E-state index is 12.3. The van der Waals surface area contributed by atoms with Crippen LogP contribution in [-0.4, -0.2) is 33.8 Å². The molecule has 1 aromatic carbocycles. The summed E-state index contributed by atoms with van der Waals surface area (Å²) in [5, 5.41) is 7.44. The fourth-order valence-corrected chi connectivity index (χ4v) is 3.09. The van der Waals surface area contributed by atoms with E-state index in [4.69, 9.17) is 9.47 Å². The van der Waals surface area contributed by atoms with Gasteiger partial charge in [0.05, 0.1) is 13.2 Å². The van der Waals surface area contributed by atoms with Gasteiger partial charge in [-0.2, -0.15) is 10.1 Å². The van der Waals surface area contributed by atoms with Gasteiger partial charge in [-0.15, -0.1) is 0 Å². The van der Waals surface area contributed by atoms with Crippen molar-refractivity contribution in [2.24, 2.45) is 0 Å². The highest BCUT2D eigenvalue weighted by atomic mass is 16.5. The van der Waals surface area contributed by atoms with Crippen molar-refractivity contribution in [3.63, 3.8) is 0 Å². The zero-order valence-electron chi connectivity index (χ0n) is 14.9. The Kier molecular flexibility index (Phi) is 4.74. The molecule has 2 aromatic rings. The minimum absolute atomic E-state index is 0.0111. The van der Waals surface area contributed by atoms with E-state index in [1.165, 1.54) is 6.33 Å². The SMILES string of the molecule is CCOc1ccc([C@@H]2C(C(C)=O)=C(C)Nc3ncnn32)cc1OCC. The summed E-state index contributed by atoms with van der Waals surface area (Å²) in [7, 11) is 0. The van der Waals surface area contributed by atoms with Crippen molar-refractivity contribution in [2.45, 2.75) is 33.7 Å². The number of anilines is 1. The monoisotopic (exact) mass is 342 g/mol. The number of rotatable bonds is 6. The first-order valence-corrected chi connectivity index (χ1v) is 8.34. The molecule has 0 amide bonds. The minimum atomic E-state index is -0.355. The molecule has 0 fully saturated rings. The Morgan fingerprint density at radius 1 is 1.24 bits per heavy atom. The number of nitrogens with one attached hydrogen (secondary N) is 1. The Bertz CT molecular complexity index is 825. The summed E-state index contributed by atoms with van der Waals surface area (Å²) < 4.78 is 13.1. The van der Waals surface area contributed by atoms with Crippen LogP contribution < -0.4 is 14.8 Å². The van der Waals surface area contributed by atoms with Gasteiger partial charge in [0, 0.05) is 11.3 Å².